The molecule has 7 nitrogen and oxygen atoms in total. The van der Waals surface area contributed by atoms with Crippen LogP contribution in [0.1, 0.15) is 5.69 Å². The zero-order valence-corrected chi connectivity index (χ0v) is 12.6. The topological polar surface area (TPSA) is 85.6 Å². The number of hydrogen-bond donors (Lipinski definition) is 1. The van der Waals surface area contributed by atoms with Crippen LogP contribution in [0.3, 0.4) is 0 Å². The van der Waals surface area contributed by atoms with Gasteiger partial charge in [-0.25, -0.2) is 17.9 Å². The van der Waals surface area contributed by atoms with E-state index >= 15 is 0 Å². The fourth-order valence-corrected chi connectivity index (χ4v) is 2.61. The summed E-state index contributed by atoms with van der Waals surface area (Å²) in [7, 11) is -3.37. The van der Waals surface area contributed by atoms with Crippen LogP contribution in [0.25, 0.3) is 5.65 Å². The van der Waals surface area contributed by atoms with Crippen molar-refractivity contribution in [1.82, 2.24) is 14.6 Å². The van der Waals surface area contributed by atoms with Crippen LogP contribution in [-0.4, -0.2) is 29.3 Å². The minimum absolute atomic E-state index is 0.239. The Morgan fingerprint density at radius 2 is 2.00 bits per heavy atom. The molecule has 0 fully saturated rings. The molecule has 0 aliphatic rings. The van der Waals surface area contributed by atoms with E-state index in [1.807, 2.05) is 18.2 Å². The number of pyridine rings is 1. The number of nitrogens with zero attached hydrogens (tertiary/aromatic N) is 3. The normalized spacial score (nSPS) is 11.5. The molecule has 114 valence electrons. The van der Waals surface area contributed by atoms with E-state index in [4.69, 9.17) is 4.74 Å². The van der Waals surface area contributed by atoms with Crippen LogP contribution in [0.5, 0.6) is 5.75 Å². The largest absolute Gasteiger partial charge is 0.485 e. The molecule has 1 N–H and O–H groups in total. The molecule has 0 saturated heterocycles. The minimum Gasteiger partial charge on any atom is -0.485 e. The van der Waals surface area contributed by atoms with Crippen LogP contribution in [0.15, 0.2) is 48.8 Å². The van der Waals surface area contributed by atoms with Gasteiger partial charge in [0.05, 0.1) is 17.6 Å². The van der Waals surface area contributed by atoms with Crippen molar-refractivity contribution in [3.63, 3.8) is 0 Å². The summed E-state index contributed by atoms with van der Waals surface area (Å²) in [6.07, 6.45) is 2.57. The lowest BCUT2D eigenvalue weighted by Crippen LogP contribution is -2.11. The highest BCUT2D eigenvalue weighted by atomic mass is 32.2. The quantitative estimate of drug-likeness (QED) is 0.773. The molecule has 0 aliphatic heterocycles. The van der Waals surface area contributed by atoms with E-state index < -0.39 is 10.0 Å². The molecule has 2 aromatic heterocycles. The molecule has 22 heavy (non-hydrogen) atoms. The molecule has 2 heterocycles. The van der Waals surface area contributed by atoms with Crippen LogP contribution in [-0.2, 0) is 16.6 Å². The van der Waals surface area contributed by atoms with E-state index in [2.05, 4.69) is 14.8 Å². The fourth-order valence-electron chi connectivity index (χ4n) is 2.04. The Balaban J connectivity index is 1.84. The molecule has 0 unspecified atom stereocenters. The fraction of sp³-hybridized carbons (Fsp3) is 0.143. The SMILES string of the molecule is CS(=O)(=O)Nc1ccccc1OCc1cccc2ncnn12. The van der Waals surface area contributed by atoms with Crippen molar-refractivity contribution in [3.8, 4) is 5.75 Å². The van der Waals surface area contributed by atoms with Crippen molar-refractivity contribution < 1.29 is 13.2 Å². The third-order valence-corrected chi connectivity index (χ3v) is 3.53. The summed E-state index contributed by atoms with van der Waals surface area (Å²) < 4.78 is 32.6. The highest BCUT2D eigenvalue weighted by Crippen LogP contribution is 2.25. The molecule has 3 rings (SSSR count). The van der Waals surface area contributed by atoms with Gasteiger partial charge in [-0.15, -0.1) is 0 Å². The molecule has 0 radical (unpaired) electrons. The van der Waals surface area contributed by atoms with Crippen molar-refractivity contribution in [3.05, 3.63) is 54.5 Å². The van der Waals surface area contributed by atoms with Gasteiger partial charge in [-0.2, -0.15) is 5.10 Å². The van der Waals surface area contributed by atoms with Gasteiger partial charge in [-0.1, -0.05) is 18.2 Å². The van der Waals surface area contributed by atoms with Crippen molar-refractivity contribution >= 4 is 21.4 Å². The van der Waals surface area contributed by atoms with Crippen LogP contribution in [0.4, 0.5) is 5.69 Å². The maximum absolute atomic E-state index is 11.4. The molecule has 0 spiro atoms. The number of para-hydroxylation sites is 2. The number of aromatic nitrogens is 3. The lowest BCUT2D eigenvalue weighted by atomic mass is 10.3. The molecule has 0 amide bonds. The van der Waals surface area contributed by atoms with E-state index in [9.17, 15) is 8.42 Å². The summed E-state index contributed by atoms with van der Waals surface area (Å²) >= 11 is 0. The number of anilines is 1. The van der Waals surface area contributed by atoms with Gasteiger partial charge < -0.3 is 4.74 Å². The van der Waals surface area contributed by atoms with Crippen LogP contribution < -0.4 is 9.46 Å². The summed E-state index contributed by atoms with van der Waals surface area (Å²) in [5.41, 5.74) is 1.93. The molecule has 3 aromatic rings. The van der Waals surface area contributed by atoms with Gasteiger partial charge in [-0.05, 0) is 24.3 Å². The zero-order chi connectivity index (χ0) is 15.6. The Morgan fingerprint density at radius 1 is 1.18 bits per heavy atom. The van der Waals surface area contributed by atoms with E-state index in [1.165, 1.54) is 6.33 Å². The number of benzene rings is 1. The Kier molecular flexibility index (Phi) is 3.68. The summed E-state index contributed by atoms with van der Waals surface area (Å²) in [6.45, 7) is 0.239. The summed E-state index contributed by atoms with van der Waals surface area (Å²) in [6, 6.07) is 12.4. The number of ether oxygens (including phenoxy) is 1. The lowest BCUT2D eigenvalue weighted by Gasteiger charge is -2.12. The Bertz CT molecular complexity index is 905. The Morgan fingerprint density at radius 3 is 2.82 bits per heavy atom. The first-order valence-corrected chi connectivity index (χ1v) is 8.39. The van der Waals surface area contributed by atoms with E-state index in [1.54, 1.807) is 28.8 Å². The number of hydrogen-bond acceptors (Lipinski definition) is 5. The molecule has 0 bridgehead atoms. The molecule has 0 atom stereocenters. The van der Waals surface area contributed by atoms with Crippen molar-refractivity contribution in [2.75, 3.05) is 11.0 Å². The average Bonchev–Trinajstić information content (AvgIpc) is 2.93. The zero-order valence-electron chi connectivity index (χ0n) is 11.8. The highest BCUT2D eigenvalue weighted by molar-refractivity contribution is 7.92. The van der Waals surface area contributed by atoms with E-state index in [0.29, 0.717) is 11.4 Å². The Hall–Kier alpha value is -2.61. The third-order valence-electron chi connectivity index (χ3n) is 2.94. The van der Waals surface area contributed by atoms with Crippen LogP contribution >= 0.6 is 0 Å². The summed E-state index contributed by atoms with van der Waals surface area (Å²) in [5.74, 6) is 0.449. The number of rotatable bonds is 5. The molecule has 0 saturated carbocycles. The molecule has 8 heteroatoms. The van der Waals surface area contributed by atoms with Crippen molar-refractivity contribution in [1.29, 1.82) is 0 Å². The van der Waals surface area contributed by atoms with Crippen molar-refractivity contribution in [2.24, 2.45) is 0 Å². The lowest BCUT2D eigenvalue weighted by molar-refractivity contribution is 0.299. The first-order chi connectivity index (χ1) is 10.5. The van der Waals surface area contributed by atoms with E-state index in [0.717, 1.165) is 17.6 Å². The van der Waals surface area contributed by atoms with Gasteiger partial charge in [0.1, 0.15) is 18.7 Å². The maximum Gasteiger partial charge on any atom is 0.229 e. The highest BCUT2D eigenvalue weighted by Gasteiger charge is 2.09. The summed E-state index contributed by atoms with van der Waals surface area (Å²) in [4.78, 5) is 4.11. The summed E-state index contributed by atoms with van der Waals surface area (Å²) in [5, 5.41) is 4.13. The monoisotopic (exact) mass is 318 g/mol. The Labute approximate surface area is 127 Å². The smallest absolute Gasteiger partial charge is 0.229 e. The van der Waals surface area contributed by atoms with Gasteiger partial charge in [0.25, 0.3) is 0 Å². The molecular formula is C14H14N4O3S. The van der Waals surface area contributed by atoms with Gasteiger partial charge in [0, 0.05) is 0 Å². The third kappa shape index (κ3) is 3.17. The van der Waals surface area contributed by atoms with E-state index in [-0.39, 0.29) is 6.61 Å². The van der Waals surface area contributed by atoms with Crippen LogP contribution in [0.2, 0.25) is 0 Å². The predicted octanol–water partition coefficient (Wildman–Crippen LogP) is 1.68. The first kappa shape index (κ1) is 14.3. The number of sulfonamides is 1. The second-order valence-electron chi connectivity index (χ2n) is 4.71. The molecular weight excluding hydrogens is 304 g/mol. The second kappa shape index (κ2) is 5.64. The van der Waals surface area contributed by atoms with Crippen molar-refractivity contribution in [2.45, 2.75) is 6.61 Å². The molecule has 1 aromatic carbocycles. The average molecular weight is 318 g/mol. The second-order valence-corrected chi connectivity index (χ2v) is 6.45. The number of nitrogens with one attached hydrogen (secondary N) is 1. The van der Waals surface area contributed by atoms with Gasteiger partial charge >= 0.3 is 0 Å². The van der Waals surface area contributed by atoms with Crippen LogP contribution in [0, 0.1) is 0 Å². The minimum atomic E-state index is -3.37. The first-order valence-electron chi connectivity index (χ1n) is 6.50. The number of fused-ring (bicyclic) bond motifs is 1. The molecule has 0 aliphatic carbocycles. The standard InChI is InChI=1S/C14H14N4O3S/c1-22(19,20)17-12-6-2-3-7-13(12)21-9-11-5-4-8-14-15-10-16-18(11)14/h2-8,10,17H,9H2,1H3. The van der Waals surface area contributed by atoms with Gasteiger partial charge in [0.2, 0.25) is 10.0 Å². The van der Waals surface area contributed by atoms with Gasteiger partial charge in [-0.3, -0.25) is 4.72 Å². The maximum atomic E-state index is 11.4. The van der Waals surface area contributed by atoms with Gasteiger partial charge in [0.15, 0.2) is 5.65 Å². The predicted molar refractivity (Wildman–Crippen MR) is 82.2 cm³/mol.